The Kier molecular flexibility index (Phi) is 4.80. The summed E-state index contributed by atoms with van der Waals surface area (Å²) in [6.07, 6.45) is 1.29. The molecule has 0 spiro atoms. The molecule has 0 aliphatic heterocycles. The monoisotopic (exact) mass is 316 g/mol. The third-order valence-corrected chi connectivity index (χ3v) is 3.24. The molecule has 23 heavy (non-hydrogen) atoms. The summed E-state index contributed by atoms with van der Waals surface area (Å²) in [6.45, 7) is 3.31. The molecule has 0 bridgehead atoms. The molecule has 7 nitrogen and oxygen atoms in total. The highest BCUT2D eigenvalue weighted by molar-refractivity contribution is 5.96. The van der Waals surface area contributed by atoms with E-state index in [-0.39, 0.29) is 11.4 Å². The molecule has 0 atom stereocenters. The lowest BCUT2D eigenvalue weighted by Gasteiger charge is -2.11. The minimum atomic E-state index is -1.19. The van der Waals surface area contributed by atoms with Crippen molar-refractivity contribution in [3.05, 3.63) is 47.3 Å². The standard InChI is InChI=1S/C16H16N2O5/c1-9-4-3-5-13(10(9)2)23-11-6-12(19)15(17-7-11)16(22)18-8-14(20)21/h3-7,19H,8H2,1-2H3,(H,18,22)(H,20,21). The Bertz CT molecular complexity index is 758. The summed E-state index contributed by atoms with van der Waals surface area (Å²) < 4.78 is 5.66. The van der Waals surface area contributed by atoms with Crippen LogP contribution in [-0.4, -0.2) is 33.6 Å². The molecule has 2 rings (SSSR count). The van der Waals surface area contributed by atoms with E-state index in [0.29, 0.717) is 5.75 Å². The maximum absolute atomic E-state index is 11.7. The van der Waals surface area contributed by atoms with Gasteiger partial charge >= 0.3 is 5.97 Å². The highest BCUT2D eigenvalue weighted by Gasteiger charge is 2.15. The molecule has 7 heteroatoms. The Morgan fingerprint density at radius 2 is 2.04 bits per heavy atom. The molecule has 2 aromatic rings. The Morgan fingerprint density at radius 3 is 2.70 bits per heavy atom. The molecular weight excluding hydrogens is 300 g/mol. The molecule has 1 amide bonds. The number of aliphatic carboxylic acids is 1. The van der Waals surface area contributed by atoms with Crippen LogP contribution in [0.3, 0.4) is 0 Å². The number of amides is 1. The third-order valence-electron chi connectivity index (χ3n) is 3.24. The van der Waals surface area contributed by atoms with Crippen LogP contribution in [0.2, 0.25) is 0 Å². The zero-order chi connectivity index (χ0) is 17.0. The average Bonchev–Trinajstić information content (AvgIpc) is 2.49. The van der Waals surface area contributed by atoms with Crippen LogP contribution in [0, 0.1) is 13.8 Å². The second-order valence-electron chi connectivity index (χ2n) is 4.92. The minimum absolute atomic E-state index is 0.264. The van der Waals surface area contributed by atoms with Gasteiger partial charge in [-0.2, -0.15) is 0 Å². The topological polar surface area (TPSA) is 109 Å². The van der Waals surface area contributed by atoms with Crippen LogP contribution in [-0.2, 0) is 4.79 Å². The van der Waals surface area contributed by atoms with Gasteiger partial charge in [-0.3, -0.25) is 9.59 Å². The van der Waals surface area contributed by atoms with Gasteiger partial charge in [-0.25, -0.2) is 4.98 Å². The van der Waals surface area contributed by atoms with Crippen molar-refractivity contribution in [1.82, 2.24) is 10.3 Å². The number of rotatable bonds is 5. The molecule has 0 saturated carbocycles. The molecule has 0 fully saturated rings. The van der Waals surface area contributed by atoms with Crippen molar-refractivity contribution in [3.8, 4) is 17.2 Å². The van der Waals surface area contributed by atoms with Gasteiger partial charge in [-0.15, -0.1) is 0 Å². The second-order valence-corrected chi connectivity index (χ2v) is 4.92. The summed E-state index contributed by atoms with van der Waals surface area (Å²) in [7, 11) is 0. The van der Waals surface area contributed by atoms with E-state index in [0.717, 1.165) is 11.1 Å². The van der Waals surface area contributed by atoms with Gasteiger partial charge in [0.05, 0.1) is 6.20 Å². The van der Waals surface area contributed by atoms with Crippen LogP contribution >= 0.6 is 0 Å². The van der Waals surface area contributed by atoms with Crippen molar-refractivity contribution >= 4 is 11.9 Å². The van der Waals surface area contributed by atoms with Crippen LogP contribution in [0.5, 0.6) is 17.2 Å². The predicted molar refractivity (Wildman–Crippen MR) is 81.9 cm³/mol. The lowest BCUT2D eigenvalue weighted by atomic mass is 10.1. The Balaban J connectivity index is 2.17. The number of carboxylic acids is 1. The summed E-state index contributed by atoms with van der Waals surface area (Å²) in [5, 5.41) is 20.5. The van der Waals surface area contributed by atoms with E-state index >= 15 is 0 Å². The number of carboxylic acid groups (broad SMARTS) is 1. The van der Waals surface area contributed by atoms with Crippen LogP contribution in [0.4, 0.5) is 0 Å². The Labute approximate surface area is 132 Å². The van der Waals surface area contributed by atoms with Gasteiger partial charge in [0.25, 0.3) is 5.91 Å². The van der Waals surface area contributed by atoms with Gasteiger partial charge in [-0.05, 0) is 31.0 Å². The predicted octanol–water partition coefficient (Wildman–Crippen LogP) is 2.01. The average molecular weight is 316 g/mol. The first-order valence-electron chi connectivity index (χ1n) is 6.81. The molecule has 1 heterocycles. The number of aryl methyl sites for hydroxylation is 1. The van der Waals surface area contributed by atoms with Gasteiger partial charge in [-0.1, -0.05) is 12.1 Å². The number of hydrogen-bond donors (Lipinski definition) is 3. The lowest BCUT2D eigenvalue weighted by molar-refractivity contribution is -0.135. The van der Waals surface area contributed by atoms with Gasteiger partial charge < -0.3 is 20.3 Å². The third kappa shape index (κ3) is 3.97. The maximum Gasteiger partial charge on any atom is 0.322 e. The Morgan fingerprint density at radius 1 is 1.30 bits per heavy atom. The highest BCUT2D eigenvalue weighted by Crippen LogP contribution is 2.29. The van der Waals surface area contributed by atoms with Gasteiger partial charge in [0.15, 0.2) is 11.4 Å². The second kappa shape index (κ2) is 6.78. The largest absolute Gasteiger partial charge is 0.505 e. The molecule has 0 saturated heterocycles. The van der Waals surface area contributed by atoms with E-state index in [9.17, 15) is 14.7 Å². The fraction of sp³-hybridized carbons (Fsp3) is 0.188. The Hall–Kier alpha value is -3.09. The van der Waals surface area contributed by atoms with Crippen molar-refractivity contribution in [2.24, 2.45) is 0 Å². The van der Waals surface area contributed by atoms with Crippen LogP contribution in [0.1, 0.15) is 21.6 Å². The lowest BCUT2D eigenvalue weighted by Crippen LogP contribution is -2.29. The molecule has 0 unspecified atom stereocenters. The number of ether oxygens (including phenoxy) is 1. The molecule has 0 aliphatic rings. The highest BCUT2D eigenvalue weighted by atomic mass is 16.5. The molecule has 0 radical (unpaired) electrons. The van der Waals surface area contributed by atoms with E-state index in [4.69, 9.17) is 9.84 Å². The zero-order valence-electron chi connectivity index (χ0n) is 12.7. The number of benzene rings is 1. The molecule has 1 aromatic carbocycles. The molecule has 120 valence electrons. The van der Waals surface area contributed by atoms with Crippen molar-refractivity contribution < 1.29 is 24.5 Å². The first-order valence-corrected chi connectivity index (χ1v) is 6.81. The van der Waals surface area contributed by atoms with Crippen molar-refractivity contribution in [2.75, 3.05) is 6.54 Å². The minimum Gasteiger partial charge on any atom is -0.505 e. The summed E-state index contributed by atoms with van der Waals surface area (Å²) in [5.74, 6) is -1.47. The van der Waals surface area contributed by atoms with Gasteiger partial charge in [0, 0.05) is 6.07 Å². The molecule has 1 aromatic heterocycles. The smallest absolute Gasteiger partial charge is 0.322 e. The number of carbonyl (C=O) groups is 2. The quantitative estimate of drug-likeness (QED) is 0.778. The number of nitrogens with zero attached hydrogens (tertiary/aromatic N) is 1. The molecule has 3 N–H and O–H groups in total. The summed E-state index contributed by atoms with van der Waals surface area (Å²) in [6, 6.07) is 6.84. The van der Waals surface area contributed by atoms with Gasteiger partial charge in [0.2, 0.25) is 0 Å². The number of aromatic nitrogens is 1. The van der Waals surface area contributed by atoms with E-state index < -0.39 is 24.2 Å². The van der Waals surface area contributed by atoms with Gasteiger partial charge in [0.1, 0.15) is 18.0 Å². The summed E-state index contributed by atoms with van der Waals surface area (Å²) in [5.41, 5.74) is 1.75. The van der Waals surface area contributed by atoms with Crippen LogP contribution < -0.4 is 10.1 Å². The number of pyridine rings is 1. The fourth-order valence-electron chi connectivity index (χ4n) is 1.87. The van der Waals surface area contributed by atoms with E-state index in [1.54, 1.807) is 6.07 Å². The van der Waals surface area contributed by atoms with E-state index in [2.05, 4.69) is 10.3 Å². The first kappa shape index (κ1) is 16.3. The molecule has 0 aliphatic carbocycles. The van der Waals surface area contributed by atoms with Crippen molar-refractivity contribution in [1.29, 1.82) is 0 Å². The molecular formula is C16H16N2O5. The maximum atomic E-state index is 11.7. The van der Waals surface area contributed by atoms with E-state index in [1.165, 1.54) is 12.3 Å². The van der Waals surface area contributed by atoms with E-state index in [1.807, 2.05) is 26.0 Å². The summed E-state index contributed by atoms with van der Waals surface area (Å²) >= 11 is 0. The summed E-state index contributed by atoms with van der Waals surface area (Å²) in [4.78, 5) is 25.9. The van der Waals surface area contributed by atoms with Crippen molar-refractivity contribution in [2.45, 2.75) is 13.8 Å². The van der Waals surface area contributed by atoms with Crippen molar-refractivity contribution in [3.63, 3.8) is 0 Å². The fourth-order valence-corrected chi connectivity index (χ4v) is 1.87. The number of nitrogens with one attached hydrogen (secondary N) is 1. The normalized spacial score (nSPS) is 10.2. The van der Waals surface area contributed by atoms with Crippen LogP contribution in [0.15, 0.2) is 30.5 Å². The zero-order valence-corrected chi connectivity index (χ0v) is 12.7. The number of carbonyl (C=O) groups excluding carboxylic acids is 1. The number of aromatic hydroxyl groups is 1. The van der Waals surface area contributed by atoms with Crippen LogP contribution in [0.25, 0.3) is 0 Å². The first-order chi connectivity index (χ1) is 10.9. The SMILES string of the molecule is Cc1cccc(Oc2cnc(C(=O)NCC(=O)O)c(O)c2)c1C. The number of hydrogen-bond acceptors (Lipinski definition) is 5.